The van der Waals surface area contributed by atoms with E-state index in [1.54, 1.807) is 17.0 Å². The first-order valence-electron chi connectivity index (χ1n) is 9.23. The van der Waals surface area contributed by atoms with Gasteiger partial charge in [-0.25, -0.2) is 0 Å². The molecule has 148 valence electrons. The number of likely N-dealkylation sites (tertiary alicyclic amines) is 1. The zero-order chi connectivity index (χ0) is 19.0. The minimum Gasteiger partial charge on any atom is -0.434 e. The average molecular weight is 383 g/mol. The van der Waals surface area contributed by atoms with Crippen molar-refractivity contribution in [3.05, 3.63) is 29.8 Å². The Morgan fingerprint density at radius 2 is 2.04 bits per heavy atom. The normalized spacial score (nSPS) is 33.3. The molecule has 1 aromatic carbocycles. The fourth-order valence-corrected chi connectivity index (χ4v) is 4.69. The lowest BCUT2D eigenvalue weighted by atomic mass is 9.66. The molecule has 27 heavy (non-hydrogen) atoms. The highest BCUT2D eigenvalue weighted by Crippen LogP contribution is 2.45. The van der Waals surface area contributed by atoms with Crippen molar-refractivity contribution >= 4 is 5.91 Å². The highest BCUT2D eigenvalue weighted by Gasteiger charge is 2.56. The summed E-state index contributed by atoms with van der Waals surface area (Å²) in [5.41, 5.74) is -0.829. The lowest BCUT2D eigenvalue weighted by Gasteiger charge is -2.57. The molecule has 1 amide bonds. The summed E-state index contributed by atoms with van der Waals surface area (Å²) in [4.78, 5) is 15.0. The van der Waals surface area contributed by atoms with Gasteiger partial charge in [-0.1, -0.05) is 12.1 Å². The van der Waals surface area contributed by atoms with Crippen molar-refractivity contribution < 1.29 is 32.9 Å². The fourth-order valence-electron chi connectivity index (χ4n) is 4.69. The van der Waals surface area contributed by atoms with Crippen LogP contribution >= 0.6 is 0 Å². The molecule has 3 fully saturated rings. The Morgan fingerprint density at radius 3 is 2.85 bits per heavy atom. The molecule has 0 bridgehead atoms. The van der Waals surface area contributed by atoms with Crippen LogP contribution < -0.4 is 4.74 Å². The number of halogens is 2. The molecule has 0 aromatic heterocycles. The van der Waals surface area contributed by atoms with E-state index in [2.05, 4.69) is 4.74 Å². The second-order valence-corrected chi connectivity index (χ2v) is 7.38. The third-order valence-corrected chi connectivity index (χ3v) is 6.05. The van der Waals surface area contributed by atoms with Gasteiger partial charge in [0.25, 0.3) is 5.91 Å². The summed E-state index contributed by atoms with van der Waals surface area (Å²) in [6, 6.07) is 5.83. The van der Waals surface area contributed by atoms with Crippen molar-refractivity contribution in [1.29, 1.82) is 0 Å². The van der Waals surface area contributed by atoms with Gasteiger partial charge in [-0.05, 0) is 18.6 Å². The summed E-state index contributed by atoms with van der Waals surface area (Å²) in [5, 5.41) is 11.3. The number of fused-ring (bicyclic) bond motifs is 3. The summed E-state index contributed by atoms with van der Waals surface area (Å²) in [7, 11) is 0. The molecule has 0 saturated carbocycles. The van der Waals surface area contributed by atoms with E-state index in [1.165, 1.54) is 12.1 Å². The Labute approximate surface area is 156 Å². The van der Waals surface area contributed by atoms with E-state index < -0.39 is 12.2 Å². The molecule has 4 rings (SSSR count). The molecule has 3 aliphatic rings. The number of benzene rings is 1. The van der Waals surface area contributed by atoms with Crippen LogP contribution in [0.1, 0.15) is 23.2 Å². The highest BCUT2D eigenvalue weighted by molar-refractivity contribution is 5.97. The first kappa shape index (κ1) is 18.6. The molecule has 8 heteroatoms. The minimum absolute atomic E-state index is 0.102. The standard InChI is InChI=1S/C19H23F2NO5/c20-18(21)27-16-4-2-1-3-13(16)17(23)22-9-12-10-26-8-6-19(12,24)14-11-25-7-5-15(14)22/h1-4,12,14-15,18,24H,5-11H2/t12-,14+,15-,19-/m0/s1. The molecule has 0 aliphatic carbocycles. The van der Waals surface area contributed by atoms with E-state index in [0.717, 1.165) is 0 Å². The van der Waals surface area contributed by atoms with E-state index in [1.807, 2.05) is 0 Å². The van der Waals surface area contributed by atoms with E-state index in [4.69, 9.17) is 9.47 Å². The van der Waals surface area contributed by atoms with E-state index >= 15 is 0 Å². The Bertz CT molecular complexity index is 702. The minimum atomic E-state index is -3.01. The molecular formula is C19H23F2NO5. The average Bonchev–Trinajstić information content (AvgIpc) is 2.67. The second kappa shape index (κ2) is 7.33. The van der Waals surface area contributed by atoms with Crippen molar-refractivity contribution in [2.75, 3.05) is 33.0 Å². The van der Waals surface area contributed by atoms with Crippen LogP contribution in [0.25, 0.3) is 0 Å². The molecule has 1 aromatic rings. The molecule has 1 N–H and O–H groups in total. The number of hydrogen-bond donors (Lipinski definition) is 1. The summed E-state index contributed by atoms with van der Waals surface area (Å²) >= 11 is 0. The quantitative estimate of drug-likeness (QED) is 0.864. The van der Waals surface area contributed by atoms with Crippen molar-refractivity contribution in [2.24, 2.45) is 11.8 Å². The van der Waals surface area contributed by atoms with Gasteiger partial charge in [-0.2, -0.15) is 8.78 Å². The summed E-state index contributed by atoms with van der Waals surface area (Å²) < 4.78 is 41.1. The van der Waals surface area contributed by atoms with Gasteiger partial charge < -0.3 is 24.2 Å². The van der Waals surface area contributed by atoms with Crippen molar-refractivity contribution in [2.45, 2.75) is 31.1 Å². The van der Waals surface area contributed by atoms with Crippen LogP contribution in [0.4, 0.5) is 8.78 Å². The molecule has 0 spiro atoms. The maximum absolute atomic E-state index is 13.3. The molecule has 0 unspecified atom stereocenters. The number of carbonyl (C=O) groups excluding carboxylic acids is 1. The Balaban J connectivity index is 1.66. The van der Waals surface area contributed by atoms with Gasteiger partial charge in [0.05, 0.1) is 24.4 Å². The third kappa shape index (κ3) is 3.30. The van der Waals surface area contributed by atoms with Crippen molar-refractivity contribution in [3.63, 3.8) is 0 Å². The lowest BCUT2D eigenvalue weighted by molar-refractivity contribution is -0.212. The number of alkyl halides is 2. The van der Waals surface area contributed by atoms with Gasteiger partial charge in [0.1, 0.15) is 5.75 Å². The van der Waals surface area contributed by atoms with Gasteiger partial charge >= 0.3 is 6.61 Å². The number of para-hydroxylation sites is 1. The number of aliphatic hydroxyl groups is 1. The number of hydrogen-bond acceptors (Lipinski definition) is 5. The summed E-state index contributed by atoms with van der Waals surface area (Å²) in [6.45, 7) is -0.977. The van der Waals surface area contributed by atoms with Gasteiger partial charge in [0.15, 0.2) is 0 Å². The van der Waals surface area contributed by atoms with E-state index in [0.29, 0.717) is 45.8 Å². The van der Waals surface area contributed by atoms with Crippen LogP contribution in [-0.4, -0.2) is 67.1 Å². The predicted molar refractivity (Wildman–Crippen MR) is 90.7 cm³/mol. The number of ether oxygens (including phenoxy) is 3. The second-order valence-electron chi connectivity index (χ2n) is 7.38. The highest BCUT2D eigenvalue weighted by atomic mass is 19.3. The summed E-state index contributed by atoms with van der Waals surface area (Å²) in [5.74, 6) is -0.958. The molecule has 3 saturated heterocycles. The van der Waals surface area contributed by atoms with Gasteiger partial charge in [-0.15, -0.1) is 0 Å². The Morgan fingerprint density at radius 1 is 1.26 bits per heavy atom. The van der Waals surface area contributed by atoms with Gasteiger partial charge in [0.2, 0.25) is 0 Å². The van der Waals surface area contributed by atoms with E-state index in [9.17, 15) is 18.7 Å². The fraction of sp³-hybridized carbons (Fsp3) is 0.632. The first-order valence-corrected chi connectivity index (χ1v) is 9.23. The first-order chi connectivity index (χ1) is 13.0. The Kier molecular flexibility index (Phi) is 5.05. The number of carbonyl (C=O) groups is 1. The Hall–Kier alpha value is -1.77. The SMILES string of the molecule is O=C(c1ccccc1OC(F)F)N1C[C@H]2COCC[C@@]2(O)[C@@H]2COCC[C@@H]21. The monoisotopic (exact) mass is 383 g/mol. The van der Waals surface area contributed by atoms with Crippen molar-refractivity contribution in [3.8, 4) is 5.75 Å². The van der Waals surface area contributed by atoms with Gasteiger partial charge in [-0.3, -0.25) is 4.79 Å². The van der Waals surface area contributed by atoms with Gasteiger partial charge in [0, 0.05) is 44.1 Å². The van der Waals surface area contributed by atoms with Crippen LogP contribution in [0.2, 0.25) is 0 Å². The lowest BCUT2D eigenvalue weighted by Crippen LogP contribution is -2.68. The topological polar surface area (TPSA) is 68.2 Å². The zero-order valence-corrected chi connectivity index (χ0v) is 14.9. The molecular weight excluding hydrogens is 360 g/mol. The maximum atomic E-state index is 13.3. The van der Waals surface area contributed by atoms with Crippen LogP contribution in [0.5, 0.6) is 5.75 Å². The molecule has 6 nitrogen and oxygen atoms in total. The zero-order valence-electron chi connectivity index (χ0n) is 14.9. The smallest absolute Gasteiger partial charge is 0.387 e. The molecule has 0 radical (unpaired) electrons. The summed E-state index contributed by atoms with van der Waals surface area (Å²) in [6.07, 6.45) is 1.11. The predicted octanol–water partition coefficient (Wildman–Crippen LogP) is 1.92. The molecule has 3 heterocycles. The van der Waals surface area contributed by atoms with Crippen LogP contribution in [0.3, 0.4) is 0 Å². The van der Waals surface area contributed by atoms with Crippen LogP contribution in [0, 0.1) is 11.8 Å². The maximum Gasteiger partial charge on any atom is 0.387 e. The van der Waals surface area contributed by atoms with Crippen LogP contribution in [-0.2, 0) is 9.47 Å². The van der Waals surface area contributed by atoms with E-state index in [-0.39, 0.29) is 35.1 Å². The number of nitrogens with zero attached hydrogens (tertiary/aromatic N) is 1. The van der Waals surface area contributed by atoms with Crippen molar-refractivity contribution in [1.82, 2.24) is 4.90 Å². The van der Waals surface area contributed by atoms with Crippen LogP contribution in [0.15, 0.2) is 24.3 Å². The number of rotatable bonds is 3. The number of piperidine rings is 1. The number of amides is 1. The molecule has 3 aliphatic heterocycles. The third-order valence-electron chi connectivity index (χ3n) is 6.05. The molecule has 4 atom stereocenters. The largest absolute Gasteiger partial charge is 0.434 e.